The Morgan fingerprint density at radius 2 is 2.00 bits per heavy atom. The third-order valence-corrected chi connectivity index (χ3v) is 4.92. The normalized spacial score (nSPS) is 16.3. The van der Waals surface area contributed by atoms with Crippen molar-refractivity contribution in [3.63, 3.8) is 0 Å². The summed E-state index contributed by atoms with van der Waals surface area (Å²) in [4.78, 5) is 18.4. The van der Waals surface area contributed by atoms with Crippen molar-refractivity contribution in [2.45, 2.75) is 18.9 Å². The number of rotatable bonds is 6. The van der Waals surface area contributed by atoms with Crippen molar-refractivity contribution in [1.82, 2.24) is 25.4 Å². The highest BCUT2D eigenvalue weighted by atomic mass is 32.1. The minimum atomic E-state index is -0.107. The van der Waals surface area contributed by atoms with E-state index in [1.54, 1.807) is 12.4 Å². The molecule has 0 radical (unpaired) electrons. The molecule has 2 N–H and O–H groups in total. The summed E-state index contributed by atoms with van der Waals surface area (Å²) in [6, 6.07) is 9.81. The van der Waals surface area contributed by atoms with Gasteiger partial charge in [0.15, 0.2) is 0 Å². The minimum absolute atomic E-state index is 0.107. The molecule has 1 saturated heterocycles. The van der Waals surface area contributed by atoms with E-state index in [2.05, 4.69) is 40.9 Å². The smallest absolute Gasteiger partial charge is 0.245 e. The quantitative estimate of drug-likeness (QED) is 0.662. The summed E-state index contributed by atoms with van der Waals surface area (Å²) in [6.45, 7) is 1.61. The van der Waals surface area contributed by atoms with Crippen LogP contribution < -0.4 is 15.5 Å². The van der Waals surface area contributed by atoms with E-state index in [0.29, 0.717) is 22.6 Å². The molecule has 0 spiro atoms. The number of amides is 1. The van der Waals surface area contributed by atoms with Crippen LogP contribution in [0.15, 0.2) is 42.7 Å². The number of anilines is 3. The van der Waals surface area contributed by atoms with Crippen LogP contribution in [0, 0.1) is 0 Å². The molecule has 1 amide bonds. The zero-order valence-corrected chi connectivity index (χ0v) is 15.3. The van der Waals surface area contributed by atoms with Gasteiger partial charge in [-0.1, -0.05) is 41.7 Å². The Bertz CT molecular complexity index is 888. The maximum absolute atomic E-state index is 12.1. The second-order valence-electron chi connectivity index (χ2n) is 6.14. The Balaban J connectivity index is 1.29. The van der Waals surface area contributed by atoms with Gasteiger partial charge >= 0.3 is 0 Å². The second-order valence-corrected chi connectivity index (χ2v) is 7.12. The van der Waals surface area contributed by atoms with Gasteiger partial charge in [0, 0.05) is 19.1 Å². The van der Waals surface area contributed by atoms with Crippen molar-refractivity contribution >= 4 is 33.5 Å². The zero-order valence-electron chi connectivity index (χ0n) is 14.4. The Kier molecular flexibility index (Phi) is 5.15. The van der Waals surface area contributed by atoms with Gasteiger partial charge in [0.05, 0.1) is 18.8 Å². The van der Waals surface area contributed by atoms with Crippen LogP contribution >= 0.6 is 11.3 Å². The third-order valence-electron chi connectivity index (χ3n) is 4.15. The highest BCUT2D eigenvalue weighted by Gasteiger charge is 2.25. The van der Waals surface area contributed by atoms with Crippen molar-refractivity contribution in [1.29, 1.82) is 0 Å². The maximum atomic E-state index is 12.1. The third kappa shape index (κ3) is 4.53. The van der Waals surface area contributed by atoms with Crippen molar-refractivity contribution in [3.8, 4) is 0 Å². The van der Waals surface area contributed by atoms with E-state index in [0.717, 1.165) is 25.1 Å². The van der Waals surface area contributed by atoms with E-state index in [-0.39, 0.29) is 11.9 Å². The fourth-order valence-electron chi connectivity index (χ4n) is 2.90. The van der Waals surface area contributed by atoms with Crippen LogP contribution in [0.4, 0.5) is 16.2 Å². The number of hydrogen-bond acceptors (Lipinski definition) is 9. The molecular weight excluding hydrogens is 364 g/mol. The number of hydrogen-bond donors (Lipinski definition) is 2. The van der Waals surface area contributed by atoms with Gasteiger partial charge in [-0.05, 0) is 12.0 Å². The van der Waals surface area contributed by atoms with Crippen LogP contribution in [0.5, 0.6) is 0 Å². The zero-order chi connectivity index (χ0) is 18.5. The van der Waals surface area contributed by atoms with E-state index < -0.39 is 0 Å². The summed E-state index contributed by atoms with van der Waals surface area (Å²) in [6.07, 6.45) is 4.45. The van der Waals surface area contributed by atoms with Gasteiger partial charge < -0.3 is 15.5 Å². The Morgan fingerprint density at radius 1 is 1.15 bits per heavy atom. The van der Waals surface area contributed by atoms with Crippen molar-refractivity contribution in [2.24, 2.45) is 0 Å². The number of nitrogens with one attached hydrogen (secondary N) is 2. The SMILES string of the molecule is O=C(Cc1ccccc1)Nc1nnc(N[C@@H]2CCN(c3nccnn3)C2)s1. The lowest BCUT2D eigenvalue weighted by atomic mass is 10.1. The summed E-state index contributed by atoms with van der Waals surface area (Å²) in [5.41, 5.74) is 0.960. The number of carbonyl (C=O) groups excluding carboxylic acids is 1. The highest BCUT2D eigenvalue weighted by Crippen LogP contribution is 2.24. The molecule has 9 nitrogen and oxygen atoms in total. The number of benzene rings is 1. The number of carbonyl (C=O) groups is 1. The van der Waals surface area contributed by atoms with E-state index in [1.807, 2.05) is 30.3 Å². The molecule has 1 aliphatic rings. The number of aromatic nitrogens is 5. The van der Waals surface area contributed by atoms with Gasteiger partial charge in [-0.15, -0.1) is 15.3 Å². The lowest BCUT2D eigenvalue weighted by Crippen LogP contribution is -2.27. The van der Waals surface area contributed by atoms with Crippen LogP contribution in [0.3, 0.4) is 0 Å². The molecule has 0 saturated carbocycles. The van der Waals surface area contributed by atoms with Crippen LogP contribution in [0.2, 0.25) is 0 Å². The van der Waals surface area contributed by atoms with Crippen LogP contribution in [0.1, 0.15) is 12.0 Å². The van der Waals surface area contributed by atoms with Gasteiger partial charge in [-0.25, -0.2) is 4.98 Å². The van der Waals surface area contributed by atoms with Gasteiger partial charge in [-0.3, -0.25) is 4.79 Å². The summed E-state index contributed by atoms with van der Waals surface area (Å²) < 4.78 is 0. The Morgan fingerprint density at radius 3 is 2.81 bits per heavy atom. The van der Waals surface area contributed by atoms with Crippen molar-refractivity contribution in [2.75, 3.05) is 28.6 Å². The fraction of sp³-hybridized carbons (Fsp3) is 0.294. The lowest BCUT2D eigenvalue weighted by Gasteiger charge is -2.15. The average molecular weight is 382 g/mol. The van der Waals surface area contributed by atoms with E-state index in [4.69, 9.17) is 0 Å². The molecule has 0 aliphatic carbocycles. The predicted octanol–water partition coefficient (Wildman–Crippen LogP) is 1.60. The molecule has 27 heavy (non-hydrogen) atoms. The average Bonchev–Trinajstić information content (AvgIpc) is 3.33. The molecule has 1 aliphatic heterocycles. The highest BCUT2D eigenvalue weighted by molar-refractivity contribution is 7.19. The first kappa shape index (κ1) is 17.3. The number of nitrogens with zero attached hydrogens (tertiary/aromatic N) is 6. The molecule has 138 valence electrons. The van der Waals surface area contributed by atoms with Crippen LogP contribution in [-0.2, 0) is 11.2 Å². The van der Waals surface area contributed by atoms with Crippen LogP contribution in [-0.4, -0.2) is 50.4 Å². The molecule has 1 atom stereocenters. The van der Waals surface area contributed by atoms with Crippen LogP contribution in [0.25, 0.3) is 0 Å². The van der Waals surface area contributed by atoms with Gasteiger partial charge in [-0.2, -0.15) is 5.10 Å². The lowest BCUT2D eigenvalue weighted by molar-refractivity contribution is -0.115. The summed E-state index contributed by atoms with van der Waals surface area (Å²) in [7, 11) is 0. The monoisotopic (exact) mass is 382 g/mol. The molecule has 2 aromatic heterocycles. The first-order valence-corrected chi connectivity index (χ1v) is 9.40. The fourth-order valence-corrected chi connectivity index (χ4v) is 3.63. The molecule has 10 heteroatoms. The summed E-state index contributed by atoms with van der Waals surface area (Å²) >= 11 is 1.33. The van der Waals surface area contributed by atoms with Crippen molar-refractivity contribution in [3.05, 3.63) is 48.3 Å². The summed E-state index contributed by atoms with van der Waals surface area (Å²) in [5.74, 6) is 0.526. The molecule has 0 unspecified atom stereocenters. The molecule has 4 rings (SSSR count). The molecule has 3 heterocycles. The Hall–Kier alpha value is -3.14. The largest absolute Gasteiger partial charge is 0.355 e. The van der Waals surface area contributed by atoms with E-state index in [1.165, 1.54) is 11.3 Å². The van der Waals surface area contributed by atoms with Gasteiger partial charge in [0.25, 0.3) is 0 Å². The molecule has 3 aromatic rings. The molecule has 1 aromatic carbocycles. The van der Waals surface area contributed by atoms with E-state index >= 15 is 0 Å². The summed E-state index contributed by atoms with van der Waals surface area (Å²) in [5, 5.41) is 23.4. The second kappa shape index (κ2) is 8.04. The van der Waals surface area contributed by atoms with Gasteiger partial charge in [0.2, 0.25) is 22.1 Å². The standard InChI is InChI=1S/C17H18N8OS/c26-14(10-12-4-2-1-3-5-12)21-17-24-23-16(27-17)20-13-6-9-25(11-13)15-18-7-8-19-22-15/h1-5,7-8,13H,6,9-11H2,(H,20,23)(H,21,24,26)/t13-/m1/s1. The topological polar surface area (TPSA) is 109 Å². The van der Waals surface area contributed by atoms with Crippen molar-refractivity contribution < 1.29 is 4.79 Å². The molecular formula is C17H18N8OS. The first-order chi connectivity index (χ1) is 13.3. The molecule has 0 bridgehead atoms. The van der Waals surface area contributed by atoms with E-state index in [9.17, 15) is 4.79 Å². The van der Waals surface area contributed by atoms with Gasteiger partial charge in [0.1, 0.15) is 0 Å². The molecule has 1 fully saturated rings. The Labute approximate surface area is 159 Å². The maximum Gasteiger partial charge on any atom is 0.245 e. The predicted molar refractivity (Wildman–Crippen MR) is 103 cm³/mol. The first-order valence-electron chi connectivity index (χ1n) is 8.59. The minimum Gasteiger partial charge on any atom is -0.355 e.